The van der Waals surface area contributed by atoms with Gasteiger partial charge in [-0.25, -0.2) is 27.5 Å². The van der Waals surface area contributed by atoms with Crippen molar-refractivity contribution in [2.75, 3.05) is 31.8 Å². The number of benzene rings is 2. The number of pyridine rings is 2. The summed E-state index contributed by atoms with van der Waals surface area (Å²) < 4.78 is 107. The number of amides is 2. The van der Waals surface area contributed by atoms with Crippen molar-refractivity contribution in [1.82, 2.24) is 20.6 Å². The highest BCUT2D eigenvalue weighted by Crippen LogP contribution is 2.28. The molecule has 14 nitrogen and oxygen atoms in total. The molecule has 0 bridgehead atoms. The average molecular weight is 849 g/mol. The molecule has 0 aliphatic carbocycles. The van der Waals surface area contributed by atoms with E-state index in [2.05, 4.69) is 20.6 Å². The Morgan fingerprint density at radius 1 is 0.633 bits per heavy atom. The summed E-state index contributed by atoms with van der Waals surface area (Å²) in [4.78, 5) is 60.7. The number of carbonyl (C=O) groups excluding carboxylic acids is 4. The molecule has 60 heavy (non-hydrogen) atoms. The first-order valence-electron chi connectivity index (χ1n) is 18.0. The number of ketones is 2. The lowest BCUT2D eigenvalue weighted by Crippen LogP contribution is -2.52. The van der Waals surface area contributed by atoms with E-state index in [1.54, 1.807) is 6.07 Å². The van der Waals surface area contributed by atoms with Gasteiger partial charge in [0.2, 0.25) is 11.6 Å². The lowest BCUT2D eigenvalue weighted by Gasteiger charge is -2.27. The third-order valence-electron chi connectivity index (χ3n) is 9.01. The number of ether oxygens (including phenoxy) is 4. The lowest BCUT2D eigenvalue weighted by atomic mass is 10.0. The highest BCUT2D eigenvalue weighted by Gasteiger charge is 2.34. The Labute approximate surface area is 339 Å². The second-order valence-corrected chi connectivity index (χ2v) is 14.4. The number of nitrogens with one attached hydrogen (secondary N) is 2. The Hall–Kier alpha value is -6.28. The van der Waals surface area contributed by atoms with Crippen LogP contribution in [0.15, 0.2) is 54.9 Å². The van der Waals surface area contributed by atoms with Crippen molar-refractivity contribution in [3.63, 3.8) is 0 Å². The van der Waals surface area contributed by atoms with Crippen LogP contribution in [0.1, 0.15) is 44.4 Å². The molecule has 0 aliphatic rings. The van der Waals surface area contributed by atoms with Crippen LogP contribution >= 0.6 is 0 Å². The van der Waals surface area contributed by atoms with E-state index < -0.39 is 113 Å². The number of halogens is 6. The van der Waals surface area contributed by atoms with Gasteiger partial charge in [-0.3, -0.25) is 19.2 Å². The normalized spacial score (nSPS) is 12.7. The second-order valence-electron chi connectivity index (χ2n) is 14.4. The Morgan fingerprint density at radius 2 is 1.07 bits per heavy atom. The first-order valence-corrected chi connectivity index (χ1v) is 18.0. The molecule has 0 saturated carbocycles. The van der Waals surface area contributed by atoms with Gasteiger partial charge in [0.1, 0.15) is 36.1 Å². The quantitative estimate of drug-likeness (QED) is 0.0728. The number of nitrogens with two attached hydrogens (primary N) is 2. The van der Waals surface area contributed by atoms with Crippen LogP contribution in [0.2, 0.25) is 0 Å². The van der Waals surface area contributed by atoms with Gasteiger partial charge in [0.15, 0.2) is 46.3 Å². The third kappa shape index (κ3) is 12.1. The molecule has 2 atom stereocenters. The SMILES string of the molecule is COC(C)(C)C(=O)NC(Cc1ccc(N)nc1)C(=O)COc1c(F)cc(COC(C)(C)C(=O)NC(Cc2ccc(N)nc2)C(=O)COc2c(F)c(F)cc(F)c2F)cc1F. The molecule has 0 aliphatic heterocycles. The minimum atomic E-state index is -1.88. The summed E-state index contributed by atoms with van der Waals surface area (Å²) in [5.74, 6) is -15.2. The van der Waals surface area contributed by atoms with Crippen LogP contribution < -0.4 is 31.6 Å². The van der Waals surface area contributed by atoms with E-state index in [4.69, 9.17) is 30.4 Å². The van der Waals surface area contributed by atoms with Crippen molar-refractivity contribution >= 4 is 35.0 Å². The zero-order valence-electron chi connectivity index (χ0n) is 33.0. The first-order chi connectivity index (χ1) is 28.1. The minimum Gasteiger partial charge on any atom is -0.480 e. The fourth-order valence-corrected chi connectivity index (χ4v) is 5.16. The van der Waals surface area contributed by atoms with Gasteiger partial charge >= 0.3 is 0 Å². The Morgan fingerprint density at radius 3 is 1.48 bits per heavy atom. The van der Waals surface area contributed by atoms with Crippen molar-refractivity contribution < 1.29 is 64.5 Å². The summed E-state index contributed by atoms with van der Waals surface area (Å²) in [6.45, 7) is 2.90. The van der Waals surface area contributed by atoms with Gasteiger partial charge in [-0.1, -0.05) is 12.1 Å². The van der Waals surface area contributed by atoms with Crippen molar-refractivity contribution in [2.45, 2.75) is 70.4 Å². The average Bonchev–Trinajstić information content (AvgIpc) is 3.19. The number of rotatable bonds is 20. The molecule has 2 aromatic carbocycles. The monoisotopic (exact) mass is 848 g/mol. The number of hydrogen-bond acceptors (Lipinski definition) is 12. The predicted molar refractivity (Wildman–Crippen MR) is 202 cm³/mol. The summed E-state index contributed by atoms with van der Waals surface area (Å²) in [6.07, 6.45) is 2.35. The van der Waals surface area contributed by atoms with Crippen molar-refractivity contribution in [3.8, 4) is 11.5 Å². The highest BCUT2D eigenvalue weighted by molar-refractivity contribution is 5.93. The van der Waals surface area contributed by atoms with Gasteiger partial charge in [-0.15, -0.1) is 0 Å². The molecule has 0 fully saturated rings. The van der Waals surface area contributed by atoms with E-state index in [9.17, 15) is 36.7 Å². The van der Waals surface area contributed by atoms with E-state index in [1.165, 1.54) is 65.4 Å². The number of anilines is 2. The van der Waals surface area contributed by atoms with Crippen molar-refractivity contribution in [1.29, 1.82) is 0 Å². The van der Waals surface area contributed by atoms with Gasteiger partial charge in [-0.2, -0.15) is 8.78 Å². The molecule has 4 aromatic rings. The molecular formula is C40H42F6N6O8. The molecular weight excluding hydrogens is 806 g/mol. The zero-order valence-corrected chi connectivity index (χ0v) is 33.0. The van der Waals surface area contributed by atoms with Crippen LogP contribution in [-0.2, 0) is 48.1 Å². The lowest BCUT2D eigenvalue weighted by molar-refractivity contribution is -0.146. The molecule has 20 heteroatoms. The van der Waals surface area contributed by atoms with Crippen LogP contribution in [0.4, 0.5) is 38.0 Å². The second kappa shape index (κ2) is 19.6. The highest BCUT2D eigenvalue weighted by atomic mass is 19.2. The number of carbonyl (C=O) groups is 4. The van der Waals surface area contributed by atoms with E-state index in [-0.39, 0.29) is 36.1 Å². The molecule has 0 saturated heterocycles. The van der Waals surface area contributed by atoms with Gasteiger partial charge in [0, 0.05) is 38.4 Å². The minimum absolute atomic E-state index is 0.0405. The van der Waals surface area contributed by atoms with Crippen molar-refractivity contribution in [2.24, 2.45) is 0 Å². The number of Topliss-reactive ketones (excluding diaryl/α,β-unsaturated/α-hetero) is 2. The van der Waals surface area contributed by atoms with E-state index in [0.29, 0.717) is 11.1 Å². The van der Waals surface area contributed by atoms with Gasteiger partial charge in [-0.05, 0) is 68.7 Å². The fourth-order valence-electron chi connectivity index (χ4n) is 5.16. The summed E-state index contributed by atoms with van der Waals surface area (Å²) in [5, 5.41) is 4.99. The molecule has 2 heterocycles. The predicted octanol–water partition coefficient (Wildman–Crippen LogP) is 4.25. The molecule has 2 aromatic heterocycles. The van der Waals surface area contributed by atoms with E-state index in [1.807, 2.05) is 0 Å². The molecule has 0 radical (unpaired) electrons. The van der Waals surface area contributed by atoms with Crippen LogP contribution in [0.3, 0.4) is 0 Å². The third-order valence-corrected chi connectivity index (χ3v) is 9.01. The number of methoxy groups -OCH3 is 1. The van der Waals surface area contributed by atoms with Crippen molar-refractivity contribution in [3.05, 3.63) is 106 Å². The first kappa shape index (κ1) is 46.4. The Bertz CT molecular complexity index is 2160. The molecule has 322 valence electrons. The largest absolute Gasteiger partial charge is 0.480 e. The van der Waals surface area contributed by atoms with Crippen LogP contribution in [0, 0.1) is 34.9 Å². The molecule has 2 amide bonds. The maximum atomic E-state index is 15.3. The molecule has 4 rings (SSSR count). The standard InChI is InChI=1S/C40H42F6N6O8/c1-39(2,57-5)37(55)51-27(12-20-6-8-31(47)49-15-20)29(53)18-58-35-25(43)10-22(11-26(35)44)17-60-40(3,4)38(56)52-28(13-21-7-9-32(48)50-16-21)30(54)19-59-36-33(45)23(41)14-24(42)34(36)46/h6-11,14-16,27-28H,12-13,17-19H2,1-5H3,(H2,47,49)(H2,48,50)(H,51,55)(H,52,56). The number of hydrogen-bond donors (Lipinski definition) is 4. The van der Waals surface area contributed by atoms with E-state index in [0.717, 1.165) is 12.1 Å². The maximum Gasteiger partial charge on any atom is 0.252 e. The van der Waals surface area contributed by atoms with Gasteiger partial charge < -0.3 is 41.0 Å². The van der Waals surface area contributed by atoms with E-state index >= 15 is 8.78 Å². The van der Waals surface area contributed by atoms with Crippen LogP contribution in [0.25, 0.3) is 0 Å². The number of nitrogen functional groups attached to an aromatic ring is 2. The number of aromatic nitrogens is 2. The summed E-state index contributed by atoms with van der Waals surface area (Å²) in [6, 6.07) is 4.87. The molecule has 0 spiro atoms. The zero-order chi connectivity index (χ0) is 44.5. The molecule has 6 N–H and O–H groups in total. The number of nitrogens with zero attached hydrogens (tertiary/aromatic N) is 2. The maximum absolute atomic E-state index is 15.3. The smallest absolute Gasteiger partial charge is 0.252 e. The van der Waals surface area contributed by atoms with Gasteiger partial charge in [0.05, 0.1) is 18.7 Å². The van der Waals surface area contributed by atoms with Crippen LogP contribution in [0.5, 0.6) is 11.5 Å². The Balaban J connectivity index is 1.43. The summed E-state index contributed by atoms with van der Waals surface area (Å²) >= 11 is 0. The summed E-state index contributed by atoms with van der Waals surface area (Å²) in [5.41, 5.74) is 8.87. The van der Waals surface area contributed by atoms with Gasteiger partial charge in [0.25, 0.3) is 11.8 Å². The fraction of sp³-hybridized carbons (Fsp3) is 0.350. The topological polar surface area (TPSA) is 207 Å². The molecule has 2 unspecified atom stereocenters. The summed E-state index contributed by atoms with van der Waals surface area (Å²) in [7, 11) is 1.30. The Kier molecular flexibility index (Phi) is 15.2. The van der Waals surface area contributed by atoms with Crippen LogP contribution in [-0.4, -0.2) is 77.0 Å².